The molecule has 0 aliphatic carbocycles. The monoisotopic (exact) mass is 510 g/mol. The number of amides is 2. The number of nitrogens with zero attached hydrogens (tertiary/aromatic N) is 3. The molecule has 0 saturated carbocycles. The topological polar surface area (TPSA) is 108 Å². The number of hydrogen-bond donors (Lipinski definition) is 3. The molecule has 0 bridgehead atoms. The highest BCUT2D eigenvalue weighted by Gasteiger charge is 2.33. The quantitative estimate of drug-likeness (QED) is 0.279. The molecule has 8 nitrogen and oxygen atoms in total. The normalized spacial score (nSPS) is 15.3. The van der Waals surface area contributed by atoms with Crippen LogP contribution in [-0.4, -0.2) is 56.1 Å². The van der Waals surface area contributed by atoms with Crippen molar-refractivity contribution in [1.29, 1.82) is 0 Å². The number of nitrogens with one attached hydrogen (secondary N) is 1. The van der Waals surface area contributed by atoms with Crippen LogP contribution >= 0.6 is 11.6 Å². The van der Waals surface area contributed by atoms with Gasteiger partial charge in [0.15, 0.2) is 6.29 Å². The highest BCUT2D eigenvalue weighted by atomic mass is 35.5. The molecule has 0 radical (unpaired) electrons. The van der Waals surface area contributed by atoms with Gasteiger partial charge in [0.05, 0.1) is 11.7 Å². The summed E-state index contributed by atoms with van der Waals surface area (Å²) in [6, 6.07) is 16.0. The average molecular weight is 511 g/mol. The van der Waals surface area contributed by atoms with E-state index in [2.05, 4.69) is 12.2 Å². The number of aliphatic hydroxyl groups is 2. The van der Waals surface area contributed by atoms with Gasteiger partial charge in [0.2, 0.25) is 5.91 Å². The number of anilines is 1. The molecule has 0 fully saturated rings. The molecule has 4 rings (SSSR count). The van der Waals surface area contributed by atoms with E-state index in [9.17, 15) is 19.8 Å². The zero-order valence-corrected chi connectivity index (χ0v) is 21.0. The number of carbonyl (C=O) groups is 2. The van der Waals surface area contributed by atoms with Crippen LogP contribution in [0.4, 0.5) is 5.69 Å². The maximum absolute atomic E-state index is 13.4. The molecule has 1 atom stereocenters. The van der Waals surface area contributed by atoms with Gasteiger partial charge in [0.25, 0.3) is 5.91 Å². The Morgan fingerprint density at radius 2 is 1.94 bits per heavy atom. The highest BCUT2D eigenvalue weighted by molar-refractivity contribution is 6.30. The number of unbranched alkanes of at least 4 members (excludes halogenated alkanes) is 2. The van der Waals surface area contributed by atoms with Crippen molar-refractivity contribution in [1.82, 2.24) is 14.7 Å². The van der Waals surface area contributed by atoms with E-state index in [-0.39, 0.29) is 30.8 Å². The fourth-order valence-electron chi connectivity index (χ4n) is 4.51. The molecule has 0 spiro atoms. The first-order valence-corrected chi connectivity index (χ1v) is 12.6. The number of rotatable bonds is 10. The molecule has 1 unspecified atom stereocenters. The van der Waals surface area contributed by atoms with Crippen molar-refractivity contribution in [2.45, 2.75) is 51.4 Å². The first-order valence-electron chi connectivity index (χ1n) is 12.2. The van der Waals surface area contributed by atoms with Gasteiger partial charge in [-0.05, 0) is 42.3 Å². The average Bonchev–Trinajstić information content (AvgIpc) is 3.28. The van der Waals surface area contributed by atoms with Crippen molar-refractivity contribution in [3.05, 3.63) is 70.9 Å². The van der Waals surface area contributed by atoms with Crippen LogP contribution in [0.1, 0.15) is 54.7 Å². The van der Waals surface area contributed by atoms with E-state index in [0.29, 0.717) is 34.2 Å². The lowest BCUT2D eigenvalue weighted by Gasteiger charge is -2.33. The summed E-state index contributed by atoms with van der Waals surface area (Å²) in [6.45, 7) is 2.47. The first-order chi connectivity index (χ1) is 17.3. The summed E-state index contributed by atoms with van der Waals surface area (Å²) in [5.41, 5.74) is 3.27. The van der Waals surface area contributed by atoms with Crippen molar-refractivity contribution in [2.24, 2.45) is 0 Å². The Bertz CT molecular complexity index is 1210. The predicted molar refractivity (Wildman–Crippen MR) is 139 cm³/mol. The van der Waals surface area contributed by atoms with E-state index in [1.807, 2.05) is 16.8 Å². The maximum atomic E-state index is 13.4. The second-order valence-electron chi connectivity index (χ2n) is 9.13. The van der Waals surface area contributed by atoms with Gasteiger partial charge in [-0.2, -0.15) is 5.10 Å². The number of halogens is 1. The lowest BCUT2D eigenvalue weighted by Crippen LogP contribution is -2.46. The van der Waals surface area contributed by atoms with E-state index < -0.39 is 6.29 Å². The zero-order valence-electron chi connectivity index (χ0n) is 20.2. The molecule has 1 aromatic heterocycles. The Balaban J connectivity index is 1.52. The number of carbonyl (C=O) groups excluding carboxylic acids is 2. The SMILES string of the molecule is CCCCCC1CN(CC(=O)Nc2cccc(CC(O)O)c2)C(=O)c2cc(-c3ccc(Cl)cc3)nn21. The highest BCUT2D eigenvalue weighted by Crippen LogP contribution is 2.30. The minimum Gasteiger partial charge on any atom is -0.368 e. The van der Waals surface area contributed by atoms with Crippen LogP contribution in [0, 0.1) is 0 Å². The molecular weight excluding hydrogens is 480 g/mol. The molecule has 1 aliphatic heterocycles. The molecule has 2 aromatic carbocycles. The third kappa shape index (κ3) is 6.32. The van der Waals surface area contributed by atoms with Gasteiger partial charge < -0.3 is 20.4 Å². The lowest BCUT2D eigenvalue weighted by molar-refractivity contribution is -0.117. The third-order valence-corrected chi connectivity index (χ3v) is 6.52. The van der Waals surface area contributed by atoms with Gasteiger partial charge in [-0.25, -0.2) is 0 Å². The summed E-state index contributed by atoms with van der Waals surface area (Å²) in [7, 11) is 0. The van der Waals surface area contributed by atoms with Gasteiger partial charge in [0, 0.05) is 29.2 Å². The van der Waals surface area contributed by atoms with Crippen LogP contribution in [0.15, 0.2) is 54.6 Å². The number of hydrogen-bond acceptors (Lipinski definition) is 5. The van der Waals surface area contributed by atoms with Crippen LogP contribution in [-0.2, 0) is 11.2 Å². The summed E-state index contributed by atoms with van der Waals surface area (Å²) in [4.78, 5) is 27.8. The van der Waals surface area contributed by atoms with Crippen LogP contribution in [0.5, 0.6) is 0 Å². The molecule has 36 heavy (non-hydrogen) atoms. The van der Waals surface area contributed by atoms with Crippen molar-refractivity contribution in [3.63, 3.8) is 0 Å². The lowest BCUT2D eigenvalue weighted by atomic mass is 10.0. The molecule has 1 aliphatic rings. The number of aromatic nitrogens is 2. The van der Waals surface area contributed by atoms with Crippen molar-refractivity contribution in [3.8, 4) is 11.3 Å². The number of fused-ring (bicyclic) bond motifs is 1. The maximum Gasteiger partial charge on any atom is 0.272 e. The summed E-state index contributed by atoms with van der Waals surface area (Å²) >= 11 is 6.03. The van der Waals surface area contributed by atoms with Crippen molar-refractivity contribution >= 4 is 29.1 Å². The molecule has 3 N–H and O–H groups in total. The summed E-state index contributed by atoms with van der Waals surface area (Å²) in [5.74, 6) is -0.551. The Hall–Kier alpha value is -3.20. The Morgan fingerprint density at radius 1 is 1.17 bits per heavy atom. The van der Waals surface area contributed by atoms with Crippen LogP contribution in [0.2, 0.25) is 5.02 Å². The zero-order chi connectivity index (χ0) is 25.7. The fraction of sp³-hybridized carbons (Fsp3) is 0.370. The van der Waals surface area contributed by atoms with Gasteiger partial charge >= 0.3 is 0 Å². The molecule has 2 amide bonds. The number of benzene rings is 2. The van der Waals surface area contributed by atoms with Crippen molar-refractivity contribution < 1.29 is 19.8 Å². The van der Waals surface area contributed by atoms with Crippen LogP contribution < -0.4 is 5.32 Å². The van der Waals surface area contributed by atoms with Gasteiger partial charge in [-0.3, -0.25) is 14.3 Å². The largest absolute Gasteiger partial charge is 0.368 e. The molecule has 9 heteroatoms. The molecule has 3 aromatic rings. The van der Waals surface area contributed by atoms with E-state index >= 15 is 0 Å². The van der Waals surface area contributed by atoms with E-state index in [0.717, 1.165) is 31.2 Å². The molecule has 190 valence electrons. The Kier molecular flexibility index (Phi) is 8.40. The Morgan fingerprint density at radius 3 is 2.67 bits per heavy atom. The molecule has 0 saturated heterocycles. The van der Waals surface area contributed by atoms with E-state index in [1.165, 1.54) is 0 Å². The Labute approximate surface area is 215 Å². The standard InChI is InChI=1S/C27H31ClN4O4/c1-2-3-4-8-22-16-31(17-25(33)29-21-7-5-6-18(13-21)14-26(34)35)27(36)24-15-23(30-32(22)24)19-9-11-20(28)12-10-19/h5-7,9-13,15,22,26,34-35H,2-4,8,14,16-17H2,1H3,(H,29,33). The second kappa shape index (κ2) is 11.7. The molecular formula is C27H31ClN4O4. The van der Waals surface area contributed by atoms with E-state index in [4.69, 9.17) is 16.7 Å². The first kappa shape index (κ1) is 25.9. The summed E-state index contributed by atoms with van der Waals surface area (Å²) < 4.78 is 1.82. The summed E-state index contributed by atoms with van der Waals surface area (Å²) in [5, 5.41) is 26.6. The van der Waals surface area contributed by atoms with Gasteiger partial charge in [-0.1, -0.05) is 62.1 Å². The van der Waals surface area contributed by atoms with Crippen LogP contribution in [0.25, 0.3) is 11.3 Å². The number of aliphatic hydroxyl groups excluding tert-OH is 1. The van der Waals surface area contributed by atoms with Crippen LogP contribution in [0.3, 0.4) is 0 Å². The van der Waals surface area contributed by atoms with E-state index in [1.54, 1.807) is 47.4 Å². The van der Waals surface area contributed by atoms with Crippen molar-refractivity contribution in [2.75, 3.05) is 18.4 Å². The minimum absolute atomic E-state index is 0.0209. The van der Waals surface area contributed by atoms with Gasteiger partial charge in [-0.15, -0.1) is 0 Å². The fourth-order valence-corrected chi connectivity index (χ4v) is 4.64. The second-order valence-corrected chi connectivity index (χ2v) is 9.57. The summed E-state index contributed by atoms with van der Waals surface area (Å²) in [6.07, 6.45) is 2.65. The minimum atomic E-state index is -1.46. The predicted octanol–water partition coefficient (Wildman–Crippen LogP) is 4.27. The molecule has 2 heterocycles. The van der Waals surface area contributed by atoms with Gasteiger partial charge in [0.1, 0.15) is 12.2 Å². The third-order valence-electron chi connectivity index (χ3n) is 6.26. The smallest absolute Gasteiger partial charge is 0.272 e.